The van der Waals surface area contributed by atoms with Crippen LogP contribution in [0.4, 0.5) is 11.5 Å². The quantitative estimate of drug-likeness (QED) is 0.555. The van der Waals surface area contributed by atoms with Crippen LogP contribution in [0.2, 0.25) is 0 Å². The first-order valence-electron chi connectivity index (χ1n) is 2.65. The van der Waals surface area contributed by atoms with Gasteiger partial charge in [-0.2, -0.15) is 10.3 Å². The summed E-state index contributed by atoms with van der Waals surface area (Å²) in [6, 6.07) is -0.254. The molecule has 5 nitrogen and oxygen atoms in total. The van der Waals surface area contributed by atoms with Gasteiger partial charge in [0.15, 0.2) is 5.82 Å². The summed E-state index contributed by atoms with van der Waals surface area (Å²) in [5, 5.41) is 12.4. The van der Waals surface area contributed by atoms with Crippen molar-refractivity contribution in [2.45, 2.75) is 0 Å². The smallest absolute Gasteiger partial charge is 0.316 e. The lowest BCUT2D eigenvalue weighted by atomic mass is 10.5. The van der Waals surface area contributed by atoms with Gasteiger partial charge in [-0.1, -0.05) is 0 Å². The first kappa shape index (κ1) is 5.16. The lowest BCUT2D eigenvalue weighted by molar-refractivity contribution is 0.532. The van der Waals surface area contributed by atoms with Gasteiger partial charge in [-0.15, -0.1) is 0 Å². The third kappa shape index (κ3) is 0.604. The van der Waals surface area contributed by atoms with Crippen LogP contribution in [0.25, 0.3) is 0 Å². The number of fused-ring (bicyclic) bond motifs is 1. The molecule has 0 amide bonds. The van der Waals surface area contributed by atoms with Crippen LogP contribution in [-0.4, -0.2) is 21.1 Å². The van der Waals surface area contributed by atoms with Crippen molar-refractivity contribution in [3.63, 3.8) is 0 Å². The Hall–Kier alpha value is -1.65. The summed E-state index contributed by atoms with van der Waals surface area (Å²) in [6.45, 7) is 0. The molecule has 1 aromatic rings. The number of aliphatic imine (C=N–C) groups is 1. The maximum atomic E-state index is 8.77. The summed E-state index contributed by atoms with van der Waals surface area (Å²) < 4.78 is 0. The average Bonchev–Trinajstić information content (AvgIpc) is 2.27. The lowest BCUT2D eigenvalue weighted by Crippen LogP contribution is -2.03. The average molecular weight is 135 g/mol. The second-order valence-electron chi connectivity index (χ2n) is 1.76. The number of nitrogens with zero attached hydrogens (tertiary/aromatic N) is 4. The van der Waals surface area contributed by atoms with Gasteiger partial charge in [0, 0.05) is 0 Å². The molecule has 0 aliphatic carbocycles. The third-order valence-corrected chi connectivity index (χ3v) is 1.10. The highest BCUT2D eigenvalue weighted by molar-refractivity contribution is 5.87. The highest BCUT2D eigenvalue weighted by Gasteiger charge is 2.14. The van der Waals surface area contributed by atoms with Crippen molar-refractivity contribution in [3.8, 4) is 0 Å². The number of aliphatic hydroxyl groups excluding tert-OH is 1. The van der Waals surface area contributed by atoms with Crippen LogP contribution >= 0.6 is 0 Å². The van der Waals surface area contributed by atoms with E-state index in [0.29, 0.717) is 11.5 Å². The molecule has 1 aliphatic rings. The number of amidine groups is 1. The van der Waals surface area contributed by atoms with Crippen molar-refractivity contribution >= 4 is 17.5 Å². The summed E-state index contributed by atoms with van der Waals surface area (Å²) in [5.74, 6) is 0.424. The zero-order chi connectivity index (χ0) is 6.97. The Balaban J connectivity index is 2.54. The standard InChI is InChI=1S/C5H3N4O/c10-5-8-3-1-6-2-7-4(3)9-5/h1-2H,(H,8,10). The first-order valence-corrected chi connectivity index (χ1v) is 2.65. The van der Waals surface area contributed by atoms with E-state index in [-0.39, 0.29) is 6.02 Å². The zero-order valence-corrected chi connectivity index (χ0v) is 4.89. The van der Waals surface area contributed by atoms with Crippen molar-refractivity contribution < 1.29 is 5.11 Å². The van der Waals surface area contributed by atoms with E-state index in [1.807, 2.05) is 0 Å². The predicted molar refractivity (Wildman–Crippen MR) is 33.5 cm³/mol. The lowest BCUT2D eigenvalue weighted by Gasteiger charge is -1.88. The minimum absolute atomic E-state index is 0.254. The Kier molecular flexibility index (Phi) is 0.858. The van der Waals surface area contributed by atoms with Crippen LogP contribution in [0.5, 0.6) is 0 Å². The minimum atomic E-state index is -0.254. The normalized spacial score (nSPS) is 13.8. The molecule has 0 fully saturated rings. The molecule has 10 heavy (non-hydrogen) atoms. The molecule has 1 N–H and O–H groups in total. The van der Waals surface area contributed by atoms with E-state index in [0.717, 1.165) is 0 Å². The largest absolute Gasteiger partial charge is 0.479 e. The first-order chi connectivity index (χ1) is 4.86. The number of hydrogen-bond acceptors (Lipinski definition) is 3. The van der Waals surface area contributed by atoms with E-state index in [2.05, 4.69) is 20.3 Å². The van der Waals surface area contributed by atoms with E-state index >= 15 is 0 Å². The molecule has 2 heterocycles. The fourth-order valence-electron chi connectivity index (χ4n) is 0.708. The van der Waals surface area contributed by atoms with Crippen molar-refractivity contribution in [2.24, 2.45) is 4.99 Å². The molecule has 0 atom stereocenters. The Labute approximate surface area is 56.5 Å². The van der Waals surface area contributed by atoms with E-state index in [1.165, 1.54) is 12.5 Å². The molecule has 49 valence electrons. The van der Waals surface area contributed by atoms with E-state index < -0.39 is 0 Å². The number of aromatic nitrogens is 2. The molecule has 0 unspecified atom stereocenters. The monoisotopic (exact) mass is 135 g/mol. The highest BCUT2D eigenvalue weighted by Crippen LogP contribution is 2.24. The summed E-state index contributed by atoms with van der Waals surface area (Å²) in [5.41, 5.74) is 0.514. The van der Waals surface area contributed by atoms with Crippen LogP contribution in [-0.2, 0) is 0 Å². The van der Waals surface area contributed by atoms with Crippen molar-refractivity contribution in [2.75, 3.05) is 0 Å². The summed E-state index contributed by atoms with van der Waals surface area (Å²) in [4.78, 5) is 11.1. The molecule has 0 saturated heterocycles. The molecular weight excluding hydrogens is 132 g/mol. The molecule has 0 saturated carbocycles. The van der Waals surface area contributed by atoms with Gasteiger partial charge in [-0.3, -0.25) is 0 Å². The molecule has 0 bridgehead atoms. The van der Waals surface area contributed by atoms with Gasteiger partial charge in [0.1, 0.15) is 12.0 Å². The number of hydrogen-bond donors (Lipinski definition) is 1. The molecular formula is C5H3N4O. The summed E-state index contributed by atoms with van der Waals surface area (Å²) >= 11 is 0. The highest BCUT2D eigenvalue weighted by atomic mass is 16.3. The Morgan fingerprint density at radius 3 is 3.10 bits per heavy atom. The summed E-state index contributed by atoms with van der Waals surface area (Å²) in [6.07, 6.45) is 2.85. The van der Waals surface area contributed by atoms with Crippen LogP contribution in [0.3, 0.4) is 0 Å². The van der Waals surface area contributed by atoms with Gasteiger partial charge in [0.25, 0.3) is 0 Å². The van der Waals surface area contributed by atoms with Crippen molar-refractivity contribution in [1.82, 2.24) is 15.3 Å². The molecule has 0 spiro atoms. The van der Waals surface area contributed by atoms with E-state index in [4.69, 9.17) is 5.11 Å². The Bertz CT molecular complexity index is 295. The Morgan fingerprint density at radius 1 is 1.40 bits per heavy atom. The molecule has 5 heteroatoms. The predicted octanol–water partition coefficient (Wildman–Crippen LogP) is 0.272. The molecule has 1 aromatic heterocycles. The molecule has 1 radical (unpaired) electrons. The fourth-order valence-corrected chi connectivity index (χ4v) is 0.708. The topological polar surface area (TPSA) is 72.5 Å². The van der Waals surface area contributed by atoms with Gasteiger partial charge in [-0.25, -0.2) is 9.97 Å². The van der Waals surface area contributed by atoms with Crippen LogP contribution in [0.15, 0.2) is 17.5 Å². The van der Waals surface area contributed by atoms with Crippen LogP contribution in [0, 0.1) is 0 Å². The maximum Gasteiger partial charge on any atom is 0.316 e. The van der Waals surface area contributed by atoms with Gasteiger partial charge < -0.3 is 5.11 Å². The molecule has 2 rings (SSSR count). The third-order valence-electron chi connectivity index (χ3n) is 1.10. The fraction of sp³-hybridized carbons (Fsp3) is 0. The molecule has 0 aromatic carbocycles. The maximum absolute atomic E-state index is 8.77. The summed E-state index contributed by atoms with van der Waals surface area (Å²) in [7, 11) is 0. The van der Waals surface area contributed by atoms with Gasteiger partial charge in [-0.05, 0) is 0 Å². The van der Waals surface area contributed by atoms with Crippen molar-refractivity contribution in [3.05, 3.63) is 12.5 Å². The van der Waals surface area contributed by atoms with Crippen LogP contribution in [0.1, 0.15) is 0 Å². The molecule has 1 aliphatic heterocycles. The minimum Gasteiger partial charge on any atom is -0.479 e. The van der Waals surface area contributed by atoms with Gasteiger partial charge in [0.05, 0.1) is 6.20 Å². The second-order valence-corrected chi connectivity index (χ2v) is 1.76. The van der Waals surface area contributed by atoms with Crippen LogP contribution < -0.4 is 5.32 Å². The SMILES string of the molecule is OC1=Nc2cncnc2[N]1. The van der Waals surface area contributed by atoms with E-state index in [1.54, 1.807) is 0 Å². The van der Waals surface area contributed by atoms with Gasteiger partial charge >= 0.3 is 6.02 Å². The van der Waals surface area contributed by atoms with Gasteiger partial charge in [0.2, 0.25) is 0 Å². The zero-order valence-electron chi connectivity index (χ0n) is 4.89. The number of rotatable bonds is 0. The Morgan fingerprint density at radius 2 is 2.30 bits per heavy atom. The number of aliphatic hydroxyl groups is 1. The van der Waals surface area contributed by atoms with Crippen molar-refractivity contribution in [1.29, 1.82) is 0 Å². The second kappa shape index (κ2) is 1.66. The van der Waals surface area contributed by atoms with E-state index in [9.17, 15) is 0 Å².